The third-order valence-electron chi connectivity index (χ3n) is 4.12. The van der Waals surface area contributed by atoms with E-state index in [0.29, 0.717) is 12.0 Å². The van der Waals surface area contributed by atoms with Crippen LogP contribution in [-0.4, -0.2) is 57.3 Å². The van der Waals surface area contributed by atoms with Crippen LogP contribution < -0.4 is 16.4 Å². The lowest BCUT2D eigenvalue weighted by atomic mass is 10.0. The van der Waals surface area contributed by atoms with Crippen molar-refractivity contribution >= 4 is 17.8 Å². The molecule has 9 heteroatoms. The molecule has 2 amide bonds. The molecule has 1 aromatic carbocycles. The molecule has 0 aliphatic heterocycles. The molecule has 0 heterocycles. The van der Waals surface area contributed by atoms with Crippen LogP contribution >= 0.6 is 0 Å². The number of nitrogens with one attached hydrogen (secondary N) is 2. The Bertz CT molecular complexity index is 675. The molecule has 7 N–H and O–H groups in total. The highest BCUT2D eigenvalue weighted by Gasteiger charge is 2.30. The molecule has 1 rings (SSSR count). The second kappa shape index (κ2) is 10.6. The highest BCUT2D eigenvalue weighted by Crippen LogP contribution is 2.12. The van der Waals surface area contributed by atoms with Crippen molar-refractivity contribution < 1.29 is 29.7 Å². The van der Waals surface area contributed by atoms with Gasteiger partial charge in [0.05, 0.1) is 12.1 Å². The average molecular weight is 395 g/mol. The molecule has 0 aromatic heterocycles. The minimum absolute atomic E-state index is 0.0489. The van der Waals surface area contributed by atoms with Gasteiger partial charge in [0.15, 0.2) is 6.04 Å². The standard InChI is InChI=1S/C19H29N3O6/c1-10(2)8-14(20)17(25)21-15(9-12-4-6-13(24)7-5-12)18(26)22-16(11(3)23)19(27)28/h4-7,10-11,14-16,23-24H,8-9,20H2,1-3H3,(H,21,25)(H,22,26)(H,27,28). The predicted molar refractivity (Wildman–Crippen MR) is 102 cm³/mol. The lowest BCUT2D eigenvalue weighted by Crippen LogP contribution is -2.57. The number of aromatic hydroxyl groups is 1. The molecule has 0 spiro atoms. The third-order valence-corrected chi connectivity index (χ3v) is 4.12. The van der Waals surface area contributed by atoms with Crippen LogP contribution in [-0.2, 0) is 20.8 Å². The van der Waals surface area contributed by atoms with Crippen LogP contribution in [0.25, 0.3) is 0 Å². The van der Waals surface area contributed by atoms with Gasteiger partial charge in [0.2, 0.25) is 11.8 Å². The van der Waals surface area contributed by atoms with Crippen LogP contribution in [0.4, 0.5) is 0 Å². The second-order valence-corrected chi connectivity index (χ2v) is 7.23. The van der Waals surface area contributed by atoms with E-state index in [-0.39, 0.29) is 18.1 Å². The first kappa shape index (κ1) is 23.4. The van der Waals surface area contributed by atoms with Crippen LogP contribution in [0.15, 0.2) is 24.3 Å². The Labute approximate surface area is 163 Å². The minimum atomic E-state index is -1.52. The zero-order valence-electron chi connectivity index (χ0n) is 16.3. The number of phenolic OH excluding ortho intramolecular Hbond substituents is 1. The molecule has 0 fully saturated rings. The molecule has 1 aromatic rings. The average Bonchev–Trinajstić information content (AvgIpc) is 2.59. The SMILES string of the molecule is CC(C)CC(N)C(=O)NC(Cc1ccc(O)cc1)C(=O)NC(C(=O)O)C(C)O. The summed E-state index contributed by atoms with van der Waals surface area (Å²) in [7, 11) is 0. The maximum absolute atomic E-state index is 12.6. The minimum Gasteiger partial charge on any atom is -0.508 e. The first-order valence-electron chi connectivity index (χ1n) is 9.06. The van der Waals surface area contributed by atoms with E-state index in [0.717, 1.165) is 0 Å². The molecule has 0 saturated heterocycles. The summed E-state index contributed by atoms with van der Waals surface area (Å²) in [5.41, 5.74) is 6.51. The summed E-state index contributed by atoms with van der Waals surface area (Å²) in [5.74, 6) is -2.46. The van der Waals surface area contributed by atoms with Gasteiger partial charge in [-0.25, -0.2) is 4.79 Å². The van der Waals surface area contributed by atoms with Gasteiger partial charge >= 0.3 is 5.97 Å². The summed E-state index contributed by atoms with van der Waals surface area (Å²) in [6.45, 7) is 5.06. The quantitative estimate of drug-likeness (QED) is 0.318. The van der Waals surface area contributed by atoms with Crippen molar-refractivity contribution in [1.82, 2.24) is 10.6 Å². The normalized spacial score (nSPS) is 15.4. The number of carboxylic acid groups (broad SMARTS) is 1. The maximum atomic E-state index is 12.6. The number of aliphatic hydroxyl groups is 1. The monoisotopic (exact) mass is 395 g/mol. The van der Waals surface area contributed by atoms with E-state index in [4.69, 9.17) is 10.8 Å². The number of carbonyl (C=O) groups excluding carboxylic acids is 2. The van der Waals surface area contributed by atoms with Crippen LogP contribution in [0.2, 0.25) is 0 Å². The number of hydrogen-bond donors (Lipinski definition) is 6. The zero-order valence-corrected chi connectivity index (χ0v) is 16.3. The number of rotatable bonds is 10. The van der Waals surface area contributed by atoms with Crippen LogP contribution in [0.1, 0.15) is 32.8 Å². The van der Waals surface area contributed by atoms with E-state index in [1.807, 2.05) is 13.8 Å². The van der Waals surface area contributed by atoms with Gasteiger partial charge in [-0.2, -0.15) is 0 Å². The number of benzene rings is 1. The number of carbonyl (C=O) groups is 3. The Morgan fingerprint density at radius 3 is 2.07 bits per heavy atom. The van der Waals surface area contributed by atoms with E-state index in [2.05, 4.69) is 10.6 Å². The molecule has 0 radical (unpaired) electrons. The van der Waals surface area contributed by atoms with Gasteiger partial charge in [-0.1, -0.05) is 26.0 Å². The van der Waals surface area contributed by atoms with Gasteiger partial charge in [0, 0.05) is 6.42 Å². The first-order valence-corrected chi connectivity index (χ1v) is 9.06. The van der Waals surface area contributed by atoms with Crippen LogP contribution in [0.5, 0.6) is 5.75 Å². The number of nitrogens with two attached hydrogens (primary N) is 1. The molecule has 0 bridgehead atoms. The molecule has 156 valence electrons. The van der Waals surface area contributed by atoms with Crippen molar-refractivity contribution in [1.29, 1.82) is 0 Å². The summed E-state index contributed by atoms with van der Waals surface area (Å²) < 4.78 is 0. The lowest BCUT2D eigenvalue weighted by Gasteiger charge is -2.24. The molecular weight excluding hydrogens is 366 g/mol. The van der Waals surface area contributed by atoms with Gasteiger partial charge in [0.25, 0.3) is 0 Å². The second-order valence-electron chi connectivity index (χ2n) is 7.23. The number of hydrogen-bond acceptors (Lipinski definition) is 6. The summed E-state index contributed by atoms with van der Waals surface area (Å²) in [6.07, 6.45) is -0.849. The Morgan fingerprint density at radius 2 is 1.61 bits per heavy atom. The van der Waals surface area contributed by atoms with E-state index in [1.165, 1.54) is 19.1 Å². The Hall–Kier alpha value is -2.65. The van der Waals surface area contributed by atoms with E-state index < -0.39 is 42.0 Å². The van der Waals surface area contributed by atoms with Crippen molar-refractivity contribution in [2.45, 2.75) is 57.8 Å². The van der Waals surface area contributed by atoms with Gasteiger partial charge in [-0.05, 0) is 37.0 Å². The van der Waals surface area contributed by atoms with Gasteiger partial charge in [-0.3, -0.25) is 9.59 Å². The lowest BCUT2D eigenvalue weighted by molar-refractivity contribution is -0.145. The number of phenols is 1. The van der Waals surface area contributed by atoms with E-state index >= 15 is 0 Å². The van der Waals surface area contributed by atoms with Crippen molar-refractivity contribution in [3.8, 4) is 5.75 Å². The van der Waals surface area contributed by atoms with Crippen molar-refractivity contribution in [3.05, 3.63) is 29.8 Å². The fourth-order valence-corrected chi connectivity index (χ4v) is 2.61. The summed E-state index contributed by atoms with van der Waals surface area (Å²) in [4.78, 5) is 36.2. The highest BCUT2D eigenvalue weighted by molar-refractivity contribution is 5.92. The van der Waals surface area contributed by atoms with Crippen molar-refractivity contribution in [2.75, 3.05) is 0 Å². The first-order chi connectivity index (χ1) is 13.0. The zero-order chi connectivity index (χ0) is 21.4. The molecule has 0 saturated carbocycles. The number of aliphatic hydroxyl groups excluding tert-OH is 1. The summed E-state index contributed by atoms with van der Waals surface area (Å²) in [5, 5.41) is 32.9. The fourth-order valence-electron chi connectivity index (χ4n) is 2.61. The van der Waals surface area contributed by atoms with Gasteiger partial charge < -0.3 is 31.7 Å². The predicted octanol–water partition coefficient (Wildman–Crippen LogP) is -0.257. The van der Waals surface area contributed by atoms with Gasteiger partial charge in [0.1, 0.15) is 11.8 Å². The Morgan fingerprint density at radius 1 is 1.04 bits per heavy atom. The fraction of sp³-hybridized carbons (Fsp3) is 0.526. The number of carboxylic acids is 1. The van der Waals surface area contributed by atoms with E-state index in [1.54, 1.807) is 12.1 Å². The molecule has 4 atom stereocenters. The largest absolute Gasteiger partial charge is 0.508 e. The van der Waals surface area contributed by atoms with Gasteiger partial charge in [-0.15, -0.1) is 0 Å². The Balaban J connectivity index is 2.98. The molecule has 0 aliphatic rings. The Kier molecular flexibility index (Phi) is 8.87. The van der Waals surface area contributed by atoms with Crippen molar-refractivity contribution in [3.63, 3.8) is 0 Å². The summed E-state index contributed by atoms with van der Waals surface area (Å²) in [6, 6.07) is 2.60. The molecule has 0 aliphatic carbocycles. The van der Waals surface area contributed by atoms with E-state index in [9.17, 15) is 24.6 Å². The third kappa shape index (κ3) is 7.53. The molecule has 4 unspecified atom stereocenters. The summed E-state index contributed by atoms with van der Waals surface area (Å²) >= 11 is 0. The number of amides is 2. The van der Waals surface area contributed by atoms with Crippen molar-refractivity contribution in [2.24, 2.45) is 11.7 Å². The van der Waals surface area contributed by atoms with Crippen LogP contribution in [0.3, 0.4) is 0 Å². The highest BCUT2D eigenvalue weighted by atomic mass is 16.4. The molecule has 9 nitrogen and oxygen atoms in total. The number of aliphatic carboxylic acids is 1. The topological polar surface area (TPSA) is 162 Å². The molecule has 28 heavy (non-hydrogen) atoms. The smallest absolute Gasteiger partial charge is 0.328 e. The van der Waals surface area contributed by atoms with Crippen LogP contribution in [0, 0.1) is 5.92 Å². The maximum Gasteiger partial charge on any atom is 0.328 e. The molecular formula is C19H29N3O6.